The lowest BCUT2D eigenvalue weighted by Gasteiger charge is -2.04. The molecule has 0 bridgehead atoms. The van der Waals surface area contributed by atoms with Gasteiger partial charge in [-0.15, -0.1) is 0 Å². The molecular weight excluding hydrogens is 132 g/mol. The summed E-state index contributed by atoms with van der Waals surface area (Å²) in [5, 5.41) is 0. The highest BCUT2D eigenvalue weighted by Gasteiger charge is 1.98. The number of aliphatic imine (C=N–C) groups is 1. The van der Waals surface area contributed by atoms with Crippen LogP contribution in [0.3, 0.4) is 0 Å². The molecule has 3 heteroatoms. The Kier molecular flexibility index (Phi) is 4.58. The molecule has 0 saturated carbocycles. The molecule has 0 saturated heterocycles. The molecule has 0 aliphatic heterocycles. The summed E-state index contributed by atoms with van der Waals surface area (Å²) >= 11 is 4.11. The second-order valence-corrected chi connectivity index (χ2v) is 2.38. The number of amidine groups is 1. The monoisotopic (exact) mass is 146 g/mol. The minimum atomic E-state index is 0.304. The molecule has 0 spiro atoms. The summed E-state index contributed by atoms with van der Waals surface area (Å²) in [7, 11) is 0. The summed E-state index contributed by atoms with van der Waals surface area (Å²) in [6.07, 6.45) is 1.01. The minimum Gasteiger partial charge on any atom is -0.388 e. The molecular formula is C6H14N2S. The van der Waals surface area contributed by atoms with Crippen molar-refractivity contribution in [2.75, 3.05) is 5.75 Å². The first-order valence-electron chi connectivity index (χ1n) is 3.11. The van der Waals surface area contributed by atoms with Crippen LogP contribution in [0.15, 0.2) is 4.99 Å². The molecule has 0 radical (unpaired) electrons. The van der Waals surface area contributed by atoms with Crippen molar-refractivity contribution in [1.29, 1.82) is 0 Å². The van der Waals surface area contributed by atoms with E-state index in [-0.39, 0.29) is 0 Å². The van der Waals surface area contributed by atoms with Gasteiger partial charge >= 0.3 is 0 Å². The van der Waals surface area contributed by atoms with Crippen molar-refractivity contribution in [3.05, 3.63) is 0 Å². The Morgan fingerprint density at radius 3 is 2.44 bits per heavy atom. The normalized spacial score (nSPS) is 15.7. The average molecular weight is 146 g/mol. The predicted octanol–water partition coefficient (Wildman–Crippen LogP) is 1.07. The largest absolute Gasteiger partial charge is 0.388 e. The standard InChI is InChI=1S/C6H14N2S/c1-3-6(4-9)8-5(2)7/h6,9H,3-4H2,1-2H3,(H2,7,8). The highest BCUT2D eigenvalue weighted by molar-refractivity contribution is 7.80. The molecule has 0 rings (SSSR count). The van der Waals surface area contributed by atoms with E-state index in [1.54, 1.807) is 6.92 Å². The molecule has 0 amide bonds. The van der Waals surface area contributed by atoms with E-state index < -0.39 is 0 Å². The number of nitrogens with zero attached hydrogens (tertiary/aromatic N) is 1. The zero-order valence-corrected chi connectivity index (χ0v) is 6.86. The Morgan fingerprint density at radius 1 is 1.78 bits per heavy atom. The van der Waals surface area contributed by atoms with E-state index >= 15 is 0 Å². The molecule has 0 aromatic rings. The zero-order chi connectivity index (χ0) is 7.28. The number of nitrogens with two attached hydrogens (primary N) is 1. The van der Waals surface area contributed by atoms with Crippen molar-refractivity contribution in [2.45, 2.75) is 26.3 Å². The van der Waals surface area contributed by atoms with E-state index in [1.807, 2.05) is 0 Å². The topological polar surface area (TPSA) is 38.4 Å². The summed E-state index contributed by atoms with van der Waals surface area (Å²) in [4.78, 5) is 4.13. The van der Waals surface area contributed by atoms with Gasteiger partial charge in [-0.1, -0.05) is 6.92 Å². The van der Waals surface area contributed by atoms with Gasteiger partial charge < -0.3 is 5.73 Å². The van der Waals surface area contributed by atoms with Gasteiger partial charge in [-0.05, 0) is 13.3 Å². The second kappa shape index (κ2) is 4.68. The van der Waals surface area contributed by atoms with Crippen molar-refractivity contribution in [3.63, 3.8) is 0 Å². The fraction of sp³-hybridized carbons (Fsp3) is 0.833. The van der Waals surface area contributed by atoms with Gasteiger partial charge in [0.15, 0.2) is 0 Å². The Labute approximate surface area is 62.0 Å². The summed E-state index contributed by atoms with van der Waals surface area (Å²) in [5.74, 6) is 1.43. The molecule has 2 nitrogen and oxygen atoms in total. The van der Waals surface area contributed by atoms with Crippen LogP contribution in [0, 0.1) is 0 Å². The third-order valence-electron chi connectivity index (χ3n) is 1.07. The lowest BCUT2D eigenvalue weighted by Crippen LogP contribution is -2.13. The van der Waals surface area contributed by atoms with Gasteiger partial charge in [0.05, 0.1) is 11.9 Å². The summed E-state index contributed by atoms with van der Waals surface area (Å²) in [6.45, 7) is 3.87. The van der Waals surface area contributed by atoms with E-state index in [0.29, 0.717) is 11.9 Å². The van der Waals surface area contributed by atoms with E-state index in [9.17, 15) is 0 Å². The molecule has 0 aromatic carbocycles. The molecule has 1 unspecified atom stereocenters. The van der Waals surface area contributed by atoms with Crippen LogP contribution in [0.5, 0.6) is 0 Å². The highest BCUT2D eigenvalue weighted by atomic mass is 32.1. The van der Waals surface area contributed by atoms with Crippen LogP contribution in [0.25, 0.3) is 0 Å². The molecule has 1 atom stereocenters. The molecule has 0 heterocycles. The van der Waals surface area contributed by atoms with Crippen LogP contribution in [0.1, 0.15) is 20.3 Å². The van der Waals surface area contributed by atoms with Crippen molar-refractivity contribution in [3.8, 4) is 0 Å². The molecule has 9 heavy (non-hydrogen) atoms. The van der Waals surface area contributed by atoms with E-state index in [1.165, 1.54) is 0 Å². The van der Waals surface area contributed by atoms with Crippen molar-refractivity contribution in [2.24, 2.45) is 10.7 Å². The average Bonchev–Trinajstić information content (AvgIpc) is 1.82. The van der Waals surface area contributed by atoms with Crippen molar-refractivity contribution < 1.29 is 0 Å². The number of hydrogen-bond acceptors (Lipinski definition) is 2. The smallest absolute Gasteiger partial charge is 0.0909 e. The second-order valence-electron chi connectivity index (χ2n) is 2.02. The Bertz CT molecular complexity index is 93.2. The number of hydrogen-bond donors (Lipinski definition) is 2. The first-order valence-corrected chi connectivity index (χ1v) is 3.74. The fourth-order valence-corrected chi connectivity index (χ4v) is 0.889. The van der Waals surface area contributed by atoms with Crippen molar-refractivity contribution >= 4 is 18.5 Å². The maximum atomic E-state index is 5.36. The third kappa shape index (κ3) is 4.33. The van der Waals surface area contributed by atoms with Gasteiger partial charge in [-0.25, -0.2) is 0 Å². The molecule has 54 valence electrons. The van der Waals surface area contributed by atoms with Gasteiger partial charge in [-0.3, -0.25) is 4.99 Å². The first kappa shape index (κ1) is 8.82. The maximum absolute atomic E-state index is 5.36. The Hall–Kier alpha value is -0.180. The van der Waals surface area contributed by atoms with Crippen LogP contribution in [0.4, 0.5) is 0 Å². The third-order valence-corrected chi connectivity index (χ3v) is 1.49. The molecule has 0 aliphatic carbocycles. The van der Waals surface area contributed by atoms with E-state index in [0.717, 1.165) is 12.2 Å². The van der Waals surface area contributed by atoms with Crippen LogP contribution in [0.2, 0.25) is 0 Å². The first-order chi connectivity index (χ1) is 4.20. The van der Waals surface area contributed by atoms with E-state index in [2.05, 4.69) is 24.5 Å². The predicted molar refractivity (Wildman–Crippen MR) is 45.2 cm³/mol. The van der Waals surface area contributed by atoms with Crippen LogP contribution < -0.4 is 5.73 Å². The fourth-order valence-electron chi connectivity index (χ4n) is 0.549. The van der Waals surface area contributed by atoms with Crippen molar-refractivity contribution in [1.82, 2.24) is 0 Å². The SMILES string of the molecule is CCC(CS)N=C(C)N. The van der Waals surface area contributed by atoms with Gasteiger partial charge in [-0.2, -0.15) is 12.6 Å². The van der Waals surface area contributed by atoms with Gasteiger partial charge in [0, 0.05) is 5.75 Å². The maximum Gasteiger partial charge on any atom is 0.0909 e. The minimum absolute atomic E-state index is 0.304. The zero-order valence-electron chi connectivity index (χ0n) is 5.96. The van der Waals surface area contributed by atoms with Gasteiger partial charge in [0.2, 0.25) is 0 Å². The van der Waals surface area contributed by atoms with Crippen LogP contribution in [-0.2, 0) is 0 Å². The van der Waals surface area contributed by atoms with Gasteiger partial charge in [0.25, 0.3) is 0 Å². The number of rotatable bonds is 3. The summed E-state index contributed by atoms with van der Waals surface area (Å²) in [6, 6.07) is 0.304. The lowest BCUT2D eigenvalue weighted by molar-refractivity contribution is 0.727. The van der Waals surface area contributed by atoms with Crippen LogP contribution in [-0.4, -0.2) is 17.6 Å². The molecule has 0 aromatic heterocycles. The number of thiol groups is 1. The lowest BCUT2D eigenvalue weighted by atomic mass is 10.3. The molecule has 0 fully saturated rings. The van der Waals surface area contributed by atoms with Crippen LogP contribution >= 0.6 is 12.6 Å². The van der Waals surface area contributed by atoms with Gasteiger partial charge in [0.1, 0.15) is 0 Å². The highest BCUT2D eigenvalue weighted by Crippen LogP contribution is 1.98. The quantitative estimate of drug-likeness (QED) is 0.349. The Morgan fingerprint density at radius 2 is 2.33 bits per heavy atom. The Balaban J connectivity index is 3.68. The summed E-state index contributed by atoms with van der Waals surface area (Å²) in [5.41, 5.74) is 5.36. The molecule has 2 N–H and O–H groups in total. The van der Waals surface area contributed by atoms with E-state index in [4.69, 9.17) is 5.73 Å². The molecule has 0 aliphatic rings. The summed E-state index contributed by atoms with van der Waals surface area (Å²) < 4.78 is 0.